The summed E-state index contributed by atoms with van der Waals surface area (Å²) in [4.78, 5) is 27.0. The van der Waals surface area contributed by atoms with Crippen LogP contribution < -0.4 is 10.7 Å². The summed E-state index contributed by atoms with van der Waals surface area (Å²) in [6.07, 6.45) is -0.653. The predicted molar refractivity (Wildman–Crippen MR) is 83.3 cm³/mol. The highest BCUT2D eigenvalue weighted by molar-refractivity contribution is 6.35. The molecule has 0 saturated heterocycles. The van der Waals surface area contributed by atoms with Crippen molar-refractivity contribution in [3.63, 3.8) is 0 Å². The average molecular weight is 350 g/mol. The molecule has 0 saturated carbocycles. The monoisotopic (exact) mass is 350 g/mol. The van der Waals surface area contributed by atoms with Crippen molar-refractivity contribution in [2.45, 2.75) is 12.7 Å². The van der Waals surface area contributed by atoms with E-state index in [2.05, 4.69) is 15.4 Å². The number of alkyl halides is 3. The van der Waals surface area contributed by atoms with Gasteiger partial charge in [-0.25, -0.2) is 5.43 Å². The van der Waals surface area contributed by atoms with Crippen molar-refractivity contribution in [2.24, 2.45) is 5.10 Å². The van der Waals surface area contributed by atoms with E-state index in [1.54, 1.807) is 12.1 Å². The van der Waals surface area contributed by atoms with Crippen LogP contribution in [0.3, 0.4) is 0 Å². The van der Waals surface area contributed by atoms with Gasteiger partial charge < -0.3 is 5.32 Å². The lowest BCUT2D eigenvalue weighted by atomic mass is 10.1. The minimum Gasteiger partial charge on any atom is -0.344 e. The molecule has 0 bridgehead atoms. The fourth-order valence-electron chi connectivity index (χ4n) is 1.84. The molecule has 2 rings (SSSR count). The van der Waals surface area contributed by atoms with Crippen LogP contribution in [0.2, 0.25) is 0 Å². The summed E-state index contributed by atoms with van der Waals surface area (Å²) in [5, 5.41) is 5.75. The molecule has 9 heteroatoms. The molecule has 0 radical (unpaired) electrons. The van der Waals surface area contributed by atoms with Crippen molar-refractivity contribution in [3.8, 4) is 0 Å². The maximum atomic E-state index is 12.8. The molecule has 2 aromatic rings. The molecule has 2 amide bonds. The molecule has 1 heterocycles. The molecule has 0 fully saturated rings. The van der Waals surface area contributed by atoms with Gasteiger partial charge in [0, 0.05) is 24.5 Å². The molecule has 6 nitrogen and oxygen atoms in total. The zero-order valence-corrected chi connectivity index (χ0v) is 12.7. The van der Waals surface area contributed by atoms with Gasteiger partial charge in [-0.15, -0.1) is 0 Å². The number of hydrogen-bond donors (Lipinski definition) is 2. The minimum atomic E-state index is -4.55. The second-order valence-electron chi connectivity index (χ2n) is 4.82. The SMILES string of the molecule is O=C(NCc1ccncc1)C(=O)N/N=C/c1ccccc1C(F)(F)F. The molecule has 130 valence electrons. The third-order valence-electron chi connectivity index (χ3n) is 3.04. The molecule has 0 aliphatic heterocycles. The Morgan fingerprint density at radius 3 is 2.44 bits per heavy atom. The first-order valence-electron chi connectivity index (χ1n) is 7.04. The van der Waals surface area contributed by atoms with E-state index in [4.69, 9.17) is 0 Å². The molecule has 2 N–H and O–H groups in total. The molecule has 1 aromatic carbocycles. The molecular formula is C16H13F3N4O2. The van der Waals surface area contributed by atoms with E-state index in [-0.39, 0.29) is 12.1 Å². The first-order valence-corrected chi connectivity index (χ1v) is 7.04. The number of carbonyl (C=O) groups excluding carboxylic acids is 2. The predicted octanol–water partition coefficient (Wildman–Crippen LogP) is 1.87. The number of carbonyl (C=O) groups is 2. The van der Waals surface area contributed by atoms with Gasteiger partial charge in [0.05, 0.1) is 11.8 Å². The molecule has 0 aliphatic rings. The second kappa shape index (κ2) is 8.04. The van der Waals surface area contributed by atoms with Gasteiger partial charge in [0.15, 0.2) is 0 Å². The number of pyridine rings is 1. The summed E-state index contributed by atoms with van der Waals surface area (Å²) in [5.41, 5.74) is 1.50. The Morgan fingerprint density at radius 1 is 1.08 bits per heavy atom. The van der Waals surface area contributed by atoms with E-state index in [1.165, 1.54) is 30.6 Å². The van der Waals surface area contributed by atoms with Crippen LogP contribution in [0.15, 0.2) is 53.9 Å². The van der Waals surface area contributed by atoms with Crippen LogP contribution in [0.1, 0.15) is 16.7 Å². The summed E-state index contributed by atoms with van der Waals surface area (Å²) in [6.45, 7) is 0.107. The Bertz CT molecular complexity index is 776. The van der Waals surface area contributed by atoms with Gasteiger partial charge in [-0.1, -0.05) is 18.2 Å². The largest absolute Gasteiger partial charge is 0.417 e. The van der Waals surface area contributed by atoms with E-state index in [1.807, 2.05) is 5.43 Å². The number of benzene rings is 1. The number of hydrogen-bond acceptors (Lipinski definition) is 4. The van der Waals surface area contributed by atoms with Crippen LogP contribution in [0, 0.1) is 0 Å². The maximum Gasteiger partial charge on any atom is 0.417 e. The lowest BCUT2D eigenvalue weighted by Crippen LogP contribution is -2.37. The van der Waals surface area contributed by atoms with Crippen molar-refractivity contribution in [3.05, 3.63) is 65.5 Å². The summed E-state index contributed by atoms with van der Waals surface area (Å²) in [7, 11) is 0. The number of aromatic nitrogens is 1. The van der Waals surface area contributed by atoms with E-state index in [9.17, 15) is 22.8 Å². The first-order chi connectivity index (χ1) is 11.9. The maximum absolute atomic E-state index is 12.8. The highest BCUT2D eigenvalue weighted by Gasteiger charge is 2.32. The molecule has 25 heavy (non-hydrogen) atoms. The van der Waals surface area contributed by atoms with Crippen LogP contribution in [-0.2, 0) is 22.3 Å². The Kier molecular flexibility index (Phi) is 5.83. The van der Waals surface area contributed by atoms with Crippen LogP contribution in [0.25, 0.3) is 0 Å². The minimum absolute atomic E-state index is 0.107. The topological polar surface area (TPSA) is 83.5 Å². The Hall–Kier alpha value is -3.23. The quantitative estimate of drug-likeness (QED) is 0.502. The highest BCUT2D eigenvalue weighted by Crippen LogP contribution is 2.30. The Labute approximate surface area is 140 Å². The van der Waals surface area contributed by atoms with E-state index in [0.29, 0.717) is 0 Å². The highest BCUT2D eigenvalue weighted by atomic mass is 19.4. The summed E-state index contributed by atoms with van der Waals surface area (Å²) < 4.78 is 38.4. The molecule has 1 aromatic heterocycles. The Morgan fingerprint density at radius 2 is 1.76 bits per heavy atom. The number of nitrogens with zero attached hydrogens (tertiary/aromatic N) is 2. The molecular weight excluding hydrogens is 337 g/mol. The van der Waals surface area contributed by atoms with Crippen molar-refractivity contribution < 1.29 is 22.8 Å². The third-order valence-corrected chi connectivity index (χ3v) is 3.04. The Balaban J connectivity index is 1.91. The summed E-state index contributed by atoms with van der Waals surface area (Å²) in [6, 6.07) is 8.05. The van der Waals surface area contributed by atoms with Crippen molar-refractivity contribution in [2.75, 3.05) is 0 Å². The van der Waals surface area contributed by atoms with Crippen LogP contribution in [0.4, 0.5) is 13.2 Å². The van der Waals surface area contributed by atoms with Crippen LogP contribution in [0.5, 0.6) is 0 Å². The average Bonchev–Trinajstić information content (AvgIpc) is 2.60. The standard InChI is InChI=1S/C16H13F3N4O2/c17-16(18,19)13-4-2-1-3-12(13)10-22-23-15(25)14(24)21-9-11-5-7-20-8-6-11/h1-8,10H,9H2,(H,21,24)(H,23,25)/b22-10+. The van der Waals surface area contributed by atoms with Gasteiger partial charge in [-0.2, -0.15) is 18.3 Å². The summed E-state index contributed by atoms with van der Waals surface area (Å²) in [5.74, 6) is -2.05. The van der Waals surface area contributed by atoms with E-state index < -0.39 is 23.6 Å². The molecule has 0 aliphatic carbocycles. The molecule has 0 atom stereocenters. The number of amides is 2. The first kappa shape index (κ1) is 18.1. The van der Waals surface area contributed by atoms with Crippen molar-refractivity contribution in [1.82, 2.24) is 15.7 Å². The fraction of sp³-hybridized carbons (Fsp3) is 0.125. The van der Waals surface area contributed by atoms with E-state index in [0.717, 1.165) is 17.8 Å². The normalized spacial score (nSPS) is 11.3. The second-order valence-corrected chi connectivity index (χ2v) is 4.82. The van der Waals surface area contributed by atoms with Crippen molar-refractivity contribution >= 4 is 18.0 Å². The van der Waals surface area contributed by atoms with Crippen molar-refractivity contribution in [1.29, 1.82) is 0 Å². The van der Waals surface area contributed by atoms with Crippen LogP contribution >= 0.6 is 0 Å². The van der Waals surface area contributed by atoms with Gasteiger partial charge >= 0.3 is 18.0 Å². The zero-order valence-electron chi connectivity index (χ0n) is 12.7. The van der Waals surface area contributed by atoms with Gasteiger partial charge in [-0.05, 0) is 23.8 Å². The summed E-state index contributed by atoms with van der Waals surface area (Å²) >= 11 is 0. The lowest BCUT2D eigenvalue weighted by molar-refractivity contribution is -0.139. The van der Waals surface area contributed by atoms with Crippen LogP contribution in [-0.4, -0.2) is 23.0 Å². The number of nitrogens with one attached hydrogen (secondary N) is 2. The fourth-order valence-corrected chi connectivity index (χ4v) is 1.84. The lowest BCUT2D eigenvalue weighted by Gasteiger charge is -2.09. The molecule has 0 spiro atoms. The number of rotatable bonds is 4. The smallest absolute Gasteiger partial charge is 0.344 e. The van der Waals surface area contributed by atoms with Gasteiger partial charge in [0.2, 0.25) is 0 Å². The number of halogens is 3. The zero-order chi connectivity index (χ0) is 18.3. The molecule has 0 unspecified atom stereocenters. The van der Waals surface area contributed by atoms with E-state index >= 15 is 0 Å². The third kappa shape index (κ3) is 5.41. The number of hydrazone groups is 1. The van der Waals surface area contributed by atoms with Gasteiger partial charge in [0.25, 0.3) is 0 Å². The van der Waals surface area contributed by atoms with Gasteiger partial charge in [-0.3, -0.25) is 14.6 Å². The van der Waals surface area contributed by atoms with Gasteiger partial charge in [0.1, 0.15) is 0 Å².